The van der Waals surface area contributed by atoms with Crippen LogP contribution in [0, 0.1) is 5.92 Å². The number of halogens is 1. The molecular formula is C12H15ClN4O2. The van der Waals surface area contributed by atoms with Crippen molar-refractivity contribution in [3.8, 4) is 0 Å². The summed E-state index contributed by atoms with van der Waals surface area (Å²) in [5.41, 5.74) is 5.79. The zero-order valence-corrected chi connectivity index (χ0v) is 11.1. The van der Waals surface area contributed by atoms with E-state index in [9.17, 15) is 9.59 Å². The molecule has 1 aliphatic rings. The van der Waals surface area contributed by atoms with Crippen LogP contribution in [0.3, 0.4) is 0 Å². The normalized spacial score (nSPS) is 19.2. The lowest BCUT2D eigenvalue weighted by Gasteiger charge is -2.31. The van der Waals surface area contributed by atoms with Crippen molar-refractivity contribution in [1.82, 2.24) is 14.9 Å². The van der Waals surface area contributed by atoms with E-state index in [0.717, 1.165) is 12.8 Å². The van der Waals surface area contributed by atoms with E-state index in [-0.39, 0.29) is 24.2 Å². The molecule has 0 bridgehead atoms. The van der Waals surface area contributed by atoms with Gasteiger partial charge in [-0.25, -0.2) is 9.97 Å². The van der Waals surface area contributed by atoms with Crippen LogP contribution in [0.2, 0.25) is 5.02 Å². The molecule has 102 valence electrons. The zero-order chi connectivity index (χ0) is 13.8. The number of likely N-dealkylation sites (tertiary alicyclic amines) is 1. The highest BCUT2D eigenvalue weighted by Gasteiger charge is 2.27. The lowest BCUT2D eigenvalue weighted by atomic mass is 9.97. The standard InChI is InChI=1S/C12H15ClN4O2/c13-9-5-15-7-16-10(9)4-11(18)17-3-1-2-8(6-17)12(14)19/h5,7-8H,1-4,6H2,(H2,14,19)/t8-/m0/s1. The third-order valence-electron chi connectivity index (χ3n) is 3.24. The fourth-order valence-electron chi connectivity index (χ4n) is 2.16. The zero-order valence-electron chi connectivity index (χ0n) is 10.4. The van der Waals surface area contributed by atoms with E-state index in [4.69, 9.17) is 17.3 Å². The molecule has 2 amide bonds. The van der Waals surface area contributed by atoms with Crippen LogP contribution < -0.4 is 5.73 Å². The smallest absolute Gasteiger partial charge is 0.228 e. The molecule has 6 nitrogen and oxygen atoms in total. The SMILES string of the molecule is NC(=O)[C@H]1CCCN(C(=O)Cc2ncncc2Cl)C1. The molecule has 0 spiro atoms. The molecule has 1 aromatic heterocycles. The second kappa shape index (κ2) is 5.97. The van der Waals surface area contributed by atoms with Gasteiger partial charge in [-0.2, -0.15) is 0 Å². The van der Waals surface area contributed by atoms with Gasteiger partial charge in [0.2, 0.25) is 11.8 Å². The van der Waals surface area contributed by atoms with Crippen molar-refractivity contribution in [2.24, 2.45) is 11.7 Å². The van der Waals surface area contributed by atoms with E-state index in [1.54, 1.807) is 4.90 Å². The van der Waals surface area contributed by atoms with E-state index in [0.29, 0.717) is 23.8 Å². The van der Waals surface area contributed by atoms with E-state index >= 15 is 0 Å². The molecule has 19 heavy (non-hydrogen) atoms. The molecular weight excluding hydrogens is 268 g/mol. The number of amides is 2. The van der Waals surface area contributed by atoms with Gasteiger partial charge in [-0.15, -0.1) is 0 Å². The topological polar surface area (TPSA) is 89.2 Å². The van der Waals surface area contributed by atoms with E-state index < -0.39 is 0 Å². The van der Waals surface area contributed by atoms with Crippen molar-refractivity contribution in [3.05, 3.63) is 23.2 Å². The molecule has 0 radical (unpaired) electrons. The highest BCUT2D eigenvalue weighted by atomic mass is 35.5. The van der Waals surface area contributed by atoms with Crippen molar-refractivity contribution in [2.75, 3.05) is 13.1 Å². The molecule has 1 saturated heterocycles. The third-order valence-corrected chi connectivity index (χ3v) is 3.55. The predicted octanol–water partition coefficient (Wildman–Crippen LogP) is 0.396. The highest BCUT2D eigenvalue weighted by Crippen LogP contribution is 2.18. The first-order valence-electron chi connectivity index (χ1n) is 6.09. The number of nitrogens with two attached hydrogens (primary N) is 1. The van der Waals surface area contributed by atoms with Crippen molar-refractivity contribution in [3.63, 3.8) is 0 Å². The van der Waals surface area contributed by atoms with Gasteiger partial charge in [0.15, 0.2) is 0 Å². The number of piperidine rings is 1. The molecule has 2 heterocycles. The number of hydrogen-bond acceptors (Lipinski definition) is 4. The van der Waals surface area contributed by atoms with Gasteiger partial charge in [-0.05, 0) is 12.8 Å². The van der Waals surface area contributed by atoms with Gasteiger partial charge in [0.05, 0.1) is 23.1 Å². The summed E-state index contributed by atoms with van der Waals surface area (Å²) < 4.78 is 0. The molecule has 0 aliphatic carbocycles. The summed E-state index contributed by atoms with van der Waals surface area (Å²) in [6.07, 6.45) is 4.47. The maximum atomic E-state index is 12.1. The first kappa shape index (κ1) is 13.7. The number of carbonyl (C=O) groups is 2. The molecule has 1 aromatic rings. The van der Waals surface area contributed by atoms with Crippen LogP contribution in [0.1, 0.15) is 18.5 Å². The second-order valence-electron chi connectivity index (χ2n) is 4.58. The van der Waals surface area contributed by atoms with Crippen LogP contribution in [0.4, 0.5) is 0 Å². The van der Waals surface area contributed by atoms with Gasteiger partial charge in [0.1, 0.15) is 6.33 Å². The Balaban J connectivity index is 2.00. The fraction of sp³-hybridized carbons (Fsp3) is 0.500. The molecule has 2 N–H and O–H groups in total. The quantitative estimate of drug-likeness (QED) is 0.869. The average molecular weight is 283 g/mol. The first-order valence-corrected chi connectivity index (χ1v) is 6.47. The molecule has 0 saturated carbocycles. The van der Waals surface area contributed by atoms with Crippen LogP contribution in [-0.4, -0.2) is 39.8 Å². The first-order chi connectivity index (χ1) is 9.08. The number of rotatable bonds is 3. The average Bonchev–Trinajstić information content (AvgIpc) is 2.41. The monoisotopic (exact) mass is 282 g/mol. The molecule has 1 fully saturated rings. The minimum absolute atomic E-state index is 0.0912. The van der Waals surface area contributed by atoms with E-state index in [2.05, 4.69) is 9.97 Å². The van der Waals surface area contributed by atoms with Crippen LogP contribution in [-0.2, 0) is 16.0 Å². The Kier molecular flexibility index (Phi) is 4.31. The van der Waals surface area contributed by atoms with Crippen LogP contribution in [0.5, 0.6) is 0 Å². The maximum Gasteiger partial charge on any atom is 0.228 e. The number of nitrogens with zero attached hydrogens (tertiary/aromatic N) is 3. The second-order valence-corrected chi connectivity index (χ2v) is 4.98. The van der Waals surface area contributed by atoms with Crippen LogP contribution in [0.15, 0.2) is 12.5 Å². The minimum atomic E-state index is -0.349. The van der Waals surface area contributed by atoms with Gasteiger partial charge < -0.3 is 10.6 Å². The summed E-state index contributed by atoms with van der Waals surface area (Å²) in [7, 11) is 0. The van der Waals surface area contributed by atoms with Crippen molar-refractivity contribution >= 4 is 23.4 Å². The minimum Gasteiger partial charge on any atom is -0.369 e. The summed E-state index contributed by atoms with van der Waals surface area (Å²) >= 11 is 5.92. The summed E-state index contributed by atoms with van der Waals surface area (Å²) in [4.78, 5) is 32.7. The summed E-state index contributed by atoms with van der Waals surface area (Å²) in [5.74, 6) is -0.692. The molecule has 0 aromatic carbocycles. The van der Waals surface area contributed by atoms with Crippen molar-refractivity contribution in [1.29, 1.82) is 0 Å². The summed E-state index contributed by atoms with van der Waals surface area (Å²) in [5, 5.41) is 0.374. The van der Waals surface area contributed by atoms with Crippen LogP contribution >= 0.6 is 11.6 Å². The van der Waals surface area contributed by atoms with Gasteiger partial charge >= 0.3 is 0 Å². The lowest BCUT2D eigenvalue weighted by Crippen LogP contribution is -2.44. The predicted molar refractivity (Wildman–Crippen MR) is 69.2 cm³/mol. The molecule has 0 unspecified atom stereocenters. The fourth-order valence-corrected chi connectivity index (χ4v) is 2.33. The van der Waals surface area contributed by atoms with E-state index in [1.807, 2.05) is 0 Å². The highest BCUT2D eigenvalue weighted by molar-refractivity contribution is 6.31. The lowest BCUT2D eigenvalue weighted by molar-refractivity contribution is -0.134. The number of hydrogen-bond donors (Lipinski definition) is 1. The number of carbonyl (C=O) groups excluding carboxylic acids is 2. The van der Waals surface area contributed by atoms with Gasteiger partial charge in [-0.3, -0.25) is 9.59 Å². The van der Waals surface area contributed by atoms with Gasteiger partial charge in [-0.1, -0.05) is 11.6 Å². The Morgan fingerprint density at radius 2 is 2.32 bits per heavy atom. The Labute approximate surface area is 116 Å². The third kappa shape index (κ3) is 3.41. The Morgan fingerprint density at radius 3 is 3.00 bits per heavy atom. The Bertz CT molecular complexity index is 494. The summed E-state index contributed by atoms with van der Waals surface area (Å²) in [6, 6.07) is 0. The largest absolute Gasteiger partial charge is 0.369 e. The van der Waals surface area contributed by atoms with Gasteiger partial charge in [0, 0.05) is 19.3 Å². The Morgan fingerprint density at radius 1 is 1.53 bits per heavy atom. The molecule has 2 rings (SSSR count). The number of primary amides is 1. The molecule has 7 heteroatoms. The van der Waals surface area contributed by atoms with Gasteiger partial charge in [0.25, 0.3) is 0 Å². The van der Waals surface area contributed by atoms with E-state index in [1.165, 1.54) is 12.5 Å². The molecule has 1 aliphatic heterocycles. The molecule has 1 atom stereocenters. The van der Waals surface area contributed by atoms with Crippen molar-refractivity contribution < 1.29 is 9.59 Å². The van der Waals surface area contributed by atoms with Crippen LogP contribution in [0.25, 0.3) is 0 Å². The summed E-state index contributed by atoms with van der Waals surface area (Å²) in [6.45, 7) is 1.03. The number of aromatic nitrogens is 2. The van der Waals surface area contributed by atoms with Crippen molar-refractivity contribution in [2.45, 2.75) is 19.3 Å². The maximum absolute atomic E-state index is 12.1. The Hall–Kier alpha value is -1.69.